The molecule has 9 atom stereocenters. The number of unbranched alkanes of at least 4 members (excludes halogenated alkanes) is 1. The second kappa shape index (κ2) is 35.5. The molecule has 2 aliphatic rings. The smallest absolute Gasteiger partial charge is 0.245 e. The van der Waals surface area contributed by atoms with Gasteiger partial charge in [0, 0.05) is 81.2 Å². The number of carbonyl (C=O) groups excluding carboxylic acids is 12. The fourth-order valence-electron chi connectivity index (χ4n) is 10.8. The molecule has 20 N–H and O–H groups in total. The minimum Gasteiger partial charge on any atom is -0.508 e. The lowest BCUT2D eigenvalue weighted by Gasteiger charge is -2.30. The summed E-state index contributed by atoms with van der Waals surface area (Å²) in [4.78, 5) is 179. The second-order valence-electron chi connectivity index (χ2n) is 23.4. The zero-order valence-electron chi connectivity index (χ0n) is 52.2. The summed E-state index contributed by atoms with van der Waals surface area (Å²) >= 11 is 0. The van der Waals surface area contributed by atoms with Gasteiger partial charge in [-0.2, -0.15) is 0 Å². The molecule has 32 heteroatoms. The fourth-order valence-corrected chi connectivity index (χ4v) is 10.8. The number of carbonyl (C=O) groups is 12. The lowest BCUT2D eigenvalue weighted by Crippen LogP contribution is -2.61. The van der Waals surface area contributed by atoms with Gasteiger partial charge < -0.3 is 95.4 Å². The number of aliphatic imine (C=N–C) groups is 1. The summed E-state index contributed by atoms with van der Waals surface area (Å²) in [6, 6.07) is 0.558. The van der Waals surface area contributed by atoms with E-state index in [9.17, 15) is 67.7 Å². The number of para-hydroxylation sites is 1. The fraction of sp³-hybridized carbons (Fsp3) is 0.508. The summed E-state index contributed by atoms with van der Waals surface area (Å²) in [5.41, 5.74) is 18.4. The highest BCUT2D eigenvalue weighted by Gasteiger charge is 2.40. The number of nitrogens with one attached hydrogen (secondary N) is 12. The van der Waals surface area contributed by atoms with Gasteiger partial charge in [-0.3, -0.25) is 62.5 Å². The van der Waals surface area contributed by atoms with Crippen LogP contribution < -0.4 is 70.4 Å². The number of aliphatic hydroxyl groups excluding tert-OH is 1. The van der Waals surface area contributed by atoms with Crippen LogP contribution in [0.5, 0.6) is 5.75 Å². The molecule has 2 fully saturated rings. The van der Waals surface area contributed by atoms with Crippen LogP contribution in [0.1, 0.15) is 102 Å². The number of amides is 12. The van der Waals surface area contributed by atoms with Crippen LogP contribution in [0, 0.1) is 5.92 Å². The number of aromatic hydroxyl groups is 1. The van der Waals surface area contributed by atoms with Crippen LogP contribution in [0.25, 0.3) is 10.9 Å². The molecule has 0 saturated carbocycles. The molecular weight excluding hydrogens is 1210 g/mol. The zero-order valence-corrected chi connectivity index (χ0v) is 52.2. The molecule has 504 valence electrons. The Morgan fingerprint density at radius 3 is 1.94 bits per heavy atom. The van der Waals surface area contributed by atoms with Crippen molar-refractivity contribution in [3.8, 4) is 5.75 Å². The molecule has 2 saturated heterocycles. The van der Waals surface area contributed by atoms with Crippen molar-refractivity contribution in [3.05, 3.63) is 84.1 Å². The number of phenolic OH excluding ortho intramolecular Hbond substituents is 1. The van der Waals surface area contributed by atoms with Gasteiger partial charge in [0.15, 0.2) is 5.96 Å². The van der Waals surface area contributed by atoms with Gasteiger partial charge >= 0.3 is 0 Å². The number of aromatic amines is 2. The number of guanidine groups is 1. The van der Waals surface area contributed by atoms with Gasteiger partial charge in [0.05, 0.1) is 19.5 Å². The standard InChI is InChI=1S/C61H86N18O14/c1-33(2)24-44(54(87)73-43(13-8-22-67-61(63)64)60(93)79-23-9-14-49(79)59(92)69-30-50(62)83)74-52(85)41(12-6-7-21-66-34(3)81)72-55(88)45(25-35-15-17-38(82)18-16-35)75-58(91)48(31-80)78-56(89)46(26-36-28-68-40-11-5-4-10-39(36)40)76-57(90)47(27-37-29-65-32-70-37)77-53(86)42-19-20-51(84)71-42/h4-5,10-11,15-18,28-29,32-33,41-49,68,80,82H,6-9,12-14,19-27,30-31H2,1-3H3,(H2,62,83)(H,65,70)(H,66,81)(H,69,92)(H,71,84)(H,72,88)(H,73,87)(H,74,85)(H,75,91)(H,76,90)(H,77,86)(H,78,89)(H4,63,64,67)/t41-,42+,43+,44+,45+,46+,47+,48+,49+/m1/s1. The van der Waals surface area contributed by atoms with Crippen LogP contribution >= 0.6 is 0 Å². The summed E-state index contributed by atoms with van der Waals surface area (Å²) < 4.78 is 0. The van der Waals surface area contributed by atoms with Gasteiger partial charge in [0.25, 0.3) is 0 Å². The van der Waals surface area contributed by atoms with Gasteiger partial charge in [-0.1, -0.05) is 44.2 Å². The Morgan fingerprint density at radius 2 is 1.30 bits per heavy atom. The number of phenols is 1. The molecule has 0 radical (unpaired) electrons. The number of H-pyrrole nitrogens is 2. The number of nitrogens with two attached hydrogens (primary N) is 3. The highest BCUT2D eigenvalue weighted by Crippen LogP contribution is 2.22. The number of hydrogen-bond donors (Lipinski definition) is 17. The Bertz CT molecular complexity index is 3300. The Hall–Kier alpha value is -10.1. The number of rotatable bonds is 36. The first-order chi connectivity index (χ1) is 44.4. The van der Waals surface area contributed by atoms with Gasteiger partial charge in [0.2, 0.25) is 70.9 Å². The van der Waals surface area contributed by atoms with E-state index in [4.69, 9.17) is 17.2 Å². The van der Waals surface area contributed by atoms with Gasteiger partial charge in [-0.15, -0.1) is 0 Å². The van der Waals surface area contributed by atoms with Crippen molar-refractivity contribution in [3.63, 3.8) is 0 Å². The first-order valence-electron chi connectivity index (χ1n) is 30.9. The van der Waals surface area contributed by atoms with Crippen molar-refractivity contribution in [1.82, 2.24) is 73.0 Å². The summed E-state index contributed by atoms with van der Waals surface area (Å²) in [5, 5.41) is 48.0. The Balaban J connectivity index is 1.25. The molecule has 0 bridgehead atoms. The van der Waals surface area contributed by atoms with Crippen molar-refractivity contribution in [1.29, 1.82) is 0 Å². The van der Waals surface area contributed by atoms with Crippen LogP contribution in [0.15, 0.2) is 72.2 Å². The van der Waals surface area contributed by atoms with Gasteiger partial charge in [-0.05, 0) is 93.0 Å². The predicted octanol–water partition coefficient (Wildman–Crippen LogP) is -3.71. The topological polar surface area (TPSA) is 504 Å². The summed E-state index contributed by atoms with van der Waals surface area (Å²) in [7, 11) is 0. The normalized spacial score (nSPS) is 16.6. The van der Waals surface area contributed by atoms with E-state index in [1.807, 2.05) is 0 Å². The van der Waals surface area contributed by atoms with E-state index in [2.05, 4.69) is 73.1 Å². The number of benzene rings is 2. The highest BCUT2D eigenvalue weighted by molar-refractivity contribution is 6.00. The first-order valence-corrected chi connectivity index (χ1v) is 30.9. The number of imidazole rings is 1. The number of nitrogens with zero attached hydrogens (tertiary/aromatic N) is 3. The molecule has 0 aliphatic carbocycles. The lowest BCUT2D eigenvalue weighted by atomic mass is 10.00. The molecule has 6 rings (SSSR count). The van der Waals surface area contributed by atoms with E-state index in [0.29, 0.717) is 40.6 Å². The maximum atomic E-state index is 14.8. The molecule has 4 aromatic rings. The minimum absolute atomic E-state index is 0.0152. The third-order valence-electron chi connectivity index (χ3n) is 15.6. The van der Waals surface area contributed by atoms with Crippen molar-refractivity contribution < 1.29 is 67.7 Å². The van der Waals surface area contributed by atoms with Crippen molar-refractivity contribution in [2.45, 2.75) is 159 Å². The van der Waals surface area contributed by atoms with Crippen molar-refractivity contribution in [2.75, 3.05) is 32.8 Å². The Morgan fingerprint density at radius 1 is 0.688 bits per heavy atom. The molecule has 4 heterocycles. The number of likely N-dealkylation sites (tertiary alicyclic amines) is 1. The van der Waals surface area contributed by atoms with Gasteiger partial charge in [-0.25, -0.2) is 4.98 Å². The molecule has 12 amide bonds. The van der Waals surface area contributed by atoms with Crippen LogP contribution in [0.2, 0.25) is 0 Å². The summed E-state index contributed by atoms with van der Waals surface area (Å²) in [5.74, 6) is -9.45. The van der Waals surface area contributed by atoms with Crippen molar-refractivity contribution >= 4 is 87.7 Å². The number of aliphatic hydroxyl groups is 1. The summed E-state index contributed by atoms with van der Waals surface area (Å²) in [6.07, 6.45) is 5.43. The Kier molecular flexibility index (Phi) is 27.4. The van der Waals surface area contributed by atoms with Crippen LogP contribution in [0.3, 0.4) is 0 Å². The van der Waals surface area contributed by atoms with Crippen LogP contribution in [-0.2, 0) is 76.8 Å². The van der Waals surface area contributed by atoms with E-state index in [1.54, 1.807) is 44.3 Å². The quantitative estimate of drug-likeness (QED) is 0.0118. The maximum absolute atomic E-state index is 14.8. The average Bonchev–Trinajstić information content (AvgIpc) is 1.82. The molecule has 0 unspecified atom stereocenters. The molecule has 2 aliphatic heterocycles. The molecule has 93 heavy (non-hydrogen) atoms. The monoisotopic (exact) mass is 1290 g/mol. The SMILES string of the molecule is CC(=O)NCCCC[C@@H](NC(=O)[C@H](Cc1ccc(O)cc1)NC(=O)[C@H](CO)NC(=O)[C@H](Cc1c[nH]c2ccccc12)NC(=O)[C@H](Cc1cnc[nH]1)NC(=O)[C@@H]1CCC(=O)N1)C(=O)N[C@@H](CC(C)C)C(=O)N[C@@H](CCCN=C(N)N)C(=O)N1CCC[C@H]1C(=O)NCC(N)=O. The lowest BCUT2D eigenvalue weighted by molar-refractivity contribution is -0.142. The minimum atomic E-state index is -1.80. The van der Waals surface area contributed by atoms with E-state index >= 15 is 0 Å². The third kappa shape index (κ3) is 22.6. The molecule has 0 spiro atoms. The van der Waals surface area contributed by atoms with Crippen molar-refractivity contribution in [2.24, 2.45) is 28.1 Å². The zero-order chi connectivity index (χ0) is 67.7. The third-order valence-corrected chi connectivity index (χ3v) is 15.6. The largest absolute Gasteiger partial charge is 0.508 e. The number of fused-ring (bicyclic) bond motifs is 1. The maximum Gasteiger partial charge on any atom is 0.245 e. The van der Waals surface area contributed by atoms with Crippen LogP contribution in [-0.4, -0.2) is 194 Å². The first kappa shape index (κ1) is 71.9. The van der Waals surface area contributed by atoms with E-state index in [0.717, 1.165) is 0 Å². The number of primary amides is 1. The molecule has 2 aromatic heterocycles. The predicted molar refractivity (Wildman–Crippen MR) is 337 cm³/mol. The molecule has 32 nitrogen and oxygen atoms in total. The highest BCUT2D eigenvalue weighted by atomic mass is 16.3. The van der Waals surface area contributed by atoms with Crippen LogP contribution in [0.4, 0.5) is 0 Å². The van der Waals surface area contributed by atoms with E-state index < -0.39 is 127 Å². The average molecular weight is 1300 g/mol. The molecule has 2 aromatic carbocycles. The number of aromatic nitrogens is 3. The van der Waals surface area contributed by atoms with E-state index in [1.165, 1.54) is 48.6 Å². The van der Waals surface area contributed by atoms with Gasteiger partial charge in [0.1, 0.15) is 60.1 Å². The Labute approximate surface area is 536 Å². The molecular formula is C61H86N18O14. The number of hydrogen-bond acceptors (Lipinski definition) is 16. The second-order valence-corrected chi connectivity index (χ2v) is 23.4. The van der Waals surface area contributed by atoms with E-state index in [-0.39, 0.29) is 120 Å². The summed E-state index contributed by atoms with van der Waals surface area (Å²) in [6.45, 7) is 3.79.